The molecule has 2 N–H and O–H groups in total. The van der Waals surface area contributed by atoms with Crippen LogP contribution in [0.4, 0.5) is 0 Å². The summed E-state index contributed by atoms with van der Waals surface area (Å²) >= 11 is 1.74. The van der Waals surface area contributed by atoms with E-state index in [0.29, 0.717) is 12.0 Å². The average Bonchev–Trinajstić information content (AvgIpc) is 2.71. The second-order valence-corrected chi connectivity index (χ2v) is 5.44. The molecule has 1 aromatic heterocycles. The monoisotopic (exact) mass is 225 g/mol. The van der Waals surface area contributed by atoms with Crippen molar-refractivity contribution in [2.24, 2.45) is 11.7 Å². The van der Waals surface area contributed by atoms with Crippen LogP contribution in [-0.2, 0) is 6.54 Å². The Morgan fingerprint density at radius 1 is 1.73 bits per heavy atom. The van der Waals surface area contributed by atoms with Crippen molar-refractivity contribution in [3.8, 4) is 0 Å². The van der Waals surface area contributed by atoms with Crippen LogP contribution in [0.25, 0.3) is 0 Å². The van der Waals surface area contributed by atoms with Crippen molar-refractivity contribution < 1.29 is 0 Å². The molecule has 1 saturated heterocycles. The van der Waals surface area contributed by atoms with Gasteiger partial charge in [-0.05, 0) is 32.2 Å². The molecule has 1 aromatic rings. The third-order valence-corrected chi connectivity index (χ3v) is 3.91. The van der Waals surface area contributed by atoms with Gasteiger partial charge >= 0.3 is 0 Å². The van der Waals surface area contributed by atoms with E-state index in [0.717, 1.165) is 13.1 Å². The third kappa shape index (κ3) is 3.00. The molecule has 0 spiro atoms. The van der Waals surface area contributed by atoms with Gasteiger partial charge in [0.05, 0.1) is 5.51 Å². The van der Waals surface area contributed by atoms with E-state index in [2.05, 4.69) is 16.8 Å². The number of nitrogens with two attached hydrogens (primary N) is 1. The smallest absolute Gasteiger partial charge is 0.0794 e. The maximum absolute atomic E-state index is 5.97. The first kappa shape index (κ1) is 11.0. The Hall–Kier alpha value is -0.450. The first-order valence-corrected chi connectivity index (χ1v) is 6.49. The Morgan fingerprint density at radius 2 is 2.60 bits per heavy atom. The SMILES string of the molecule is CC(N)C1CCCN(Cc2cncs2)C1. The van der Waals surface area contributed by atoms with E-state index in [4.69, 9.17) is 5.73 Å². The number of likely N-dealkylation sites (tertiary alicyclic amines) is 1. The Bertz CT molecular complexity index is 284. The van der Waals surface area contributed by atoms with Gasteiger partial charge in [-0.1, -0.05) is 0 Å². The summed E-state index contributed by atoms with van der Waals surface area (Å²) in [5.41, 5.74) is 7.87. The Morgan fingerprint density at radius 3 is 3.27 bits per heavy atom. The highest BCUT2D eigenvalue weighted by Gasteiger charge is 2.22. The summed E-state index contributed by atoms with van der Waals surface area (Å²) in [5.74, 6) is 0.673. The lowest BCUT2D eigenvalue weighted by molar-refractivity contribution is 0.155. The molecule has 0 aromatic carbocycles. The van der Waals surface area contributed by atoms with E-state index in [1.807, 2.05) is 11.7 Å². The summed E-state index contributed by atoms with van der Waals surface area (Å²) in [6.07, 6.45) is 4.54. The lowest BCUT2D eigenvalue weighted by Gasteiger charge is -2.34. The first-order chi connectivity index (χ1) is 7.25. The van der Waals surface area contributed by atoms with E-state index in [1.165, 1.54) is 24.3 Å². The predicted molar refractivity (Wildman–Crippen MR) is 63.8 cm³/mol. The molecule has 4 heteroatoms. The third-order valence-electron chi connectivity index (χ3n) is 3.15. The van der Waals surface area contributed by atoms with E-state index in [-0.39, 0.29) is 0 Å². The van der Waals surface area contributed by atoms with Crippen molar-refractivity contribution in [2.75, 3.05) is 13.1 Å². The molecular weight excluding hydrogens is 206 g/mol. The molecule has 0 radical (unpaired) electrons. The highest BCUT2D eigenvalue weighted by atomic mass is 32.1. The fourth-order valence-electron chi connectivity index (χ4n) is 2.20. The minimum atomic E-state index is 0.328. The average molecular weight is 225 g/mol. The van der Waals surface area contributed by atoms with Crippen LogP contribution in [0.5, 0.6) is 0 Å². The molecule has 3 nitrogen and oxygen atoms in total. The molecule has 0 amide bonds. The normalized spacial score (nSPS) is 25.3. The van der Waals surface area contributed by atoms with Crippen molar-refractivity contribution in [1.29, 1.82) is 0 Å². The van der Waals surface area contributed by atoms with Gasteiger partial charge in [0.2, 0.25) is 0 Å². The van der Waals surface area contributed by atoms with Crippen LogP contribution in [0, 0.1) is 5.92 Å². The van der Waals surface area contributed by atoms with Gasteiger partial charge in [-0.25, -0.2) is 0 Å². The second-order valence-electron chi connectivity index (χ2n) is 4.46. The van der Waals surface area contributed by atoms with Crippen LogP contribution in [0.2, 0.25) is 0 Å². The fraction of sp³-hybridized carbons (Fsp3) is 0.727. The molecular formula is C11H19N3S. The first-order valence-electron chi connectivity index (χ1n) is 5.61. The molecule has 2 heterocycles. The van der Waals surface area contributed by atoms with Crippen molar-refractivity contribution >= 4 is 11.3 Å². The molecule has 2 rings (SSSR count). The number of hydrogen-bond donors (Lipinski definition) is 1. The molecule has 0 bridgehead atoms. The molecule has 15 heavy (non-hydrogen) atoms. The molecule has 0 saturated carbocycles. The van der Waals surface area contributed by atoms with E-state index >= 15 is 0 Å². The number of hydrogen-bond acceptors (Lipinski definition) is 4. The Kier molecular flexibility index (Phi) is 3.72. The highest BCUT2D eigenvalue weighted by Crippen LogP contribution is 2.21. The quantitative estimate of drug-likeness (QED) is 0.851. The minimum absolute atomic E-state index is 0.328. The van der Waals surface area contributed by atoms with E-state index in [9.17, 15) is 0 Å². The van der Waals surface area contributed by atoms with Crippen LogP contribution in [-0.4, -0.2) is 29.0 Å². The fourth-order valence-corrected chi connectivity index (χ4v) is 2.84. The molecule has 1 aliphatic heterocycles. The predicted octanol–water partition coefficient (Wildman–Crippen LogP) is 1.70. The molecule has 1 fully saturated rings. The summed E-state index contributed by atoms with van der Waals surface area (Å²) in [6.45, 7) is 5.53. The minimum Gasteiger partial charge on any atom is -0.328 e. The zero-order chi connectivity index (χ0) is 10.7. The van der Waals surface area contributed by atoms with Crippen LogP contribution in [0.15, 0.2) is 11.7 Å². The number of thiazole rings is 1. The summed E-state index contributed by atoms with van der Waals surface area (Å²) in [6, 6.07) is 0.328. The Balaban J connectivity index is 1.88. The largest absolute Gasteiger partial charge is 0.328 e. The van der Waals surface area contributed by atoms with Crippen LogP contribution < -0.4 is 5.73 Å². The highest BCUT2D eigenvalue weighted by molar-refractivity contribution is 7.09. The number of nitrogens with zero attached hydrogens (tertiary/aromatic N) is 2. The van der Waals surface area contributed by atoms with Gasteiger partial charge in [0.15, 0.2) is 0 Å². The molecule has 84 valence electrons. The van der Waals surface area contributed by atoms with E-state index < -0.39 is 0 Å². The summed E-state index contributed by atoms with van der Waals surface area (Å²) in [7, 11) is 0. The van der Waals surface area contributed by atoms with Gasteiger partial charge in [-0.2, -0.15) is 0 Å². The molecule has 2 unspecified atom stereocenters. The van der Waals surface area contributed by atoms with Crippen molar-refractivity contribution in [2.45, 2.75) is 32.4 Å². The van der Waals surface area contributed by atoms with Gasteiger partial charge in [-0.15, -0.1) is 11.3 Å². The van der Waals surface area contributed by atoms with Crippen molar-refractivity contribution in [3.63, 3.8) is 0 Å². The number of aromatic nitrogens is 1. The molecule has 1 aliphatic rings. The number of piperidine rings is 1. The van der Waals surface area contributed by atoms with Gasteiger partial charge in [-0.3, -0.25) is 9.88 Å². The topological polar surface area (TPSA) is 42.1 Å². The molecule has 0 aliphatic carbocycles. The summed E-state index contributed by atoms with van der Waals surface area (Å²) in [5, 5.41) is 0. The Labute approximate surface area is 95.3 Å². The maximum Gasteiger partial charge on any atom is 0.0794 e. The van der Waals surface area contributed by atoms with Crippen molar-refractivity contribution in [3.05, 3.63) is 16.6 Å². The maximum atomic E-state index is 5.97. The molecule has 2 atom stereocenters. The standard InChI is InChI=1S/C11H19N3S/c1-9(12)10-3-2-4-14(6-10)7-11-5-13-8-15-11/h5,8-10H,2-4,6-7,12H2,1H3. The van der Waals surface area contributed by atoms with Gasteiger partial charge in [0.25, 0.3) is 0 Å². The van der Waals surface area contributed by atoms with Crippen molar-refractivity contribution in [1.82, 2.24) is 9.88 Å². The number of rotatable bonds is 3. The second kappa shape index (κ2) is 5.05. The zero-order valence-corrected chi connectivity index (χ0v) is 10.0. The zero-order valence-electron chi connectivity index (χ0n) is 9.22. The lowest BCUT2D eigenvalue weighted by atomic mass is 9.92. The lowest BCUT2D eigenvalue weighted by Crippen LogP contribution is -2.41. The van der Waals surface area contributed by atoms with Crippen LogP contribution >= 0.6 is 11.3 Å². The summed E-state index contributed by atoms with van der Waals surface area (Å²) in [4.78, 5) is 7.98. The van der Waals surface area contributed by atoms with Gasteiger partial charge in [0.1, 0.15) is 0 Å². The van der Waals surface area contributed by atoms with Gasteiger partial charge < -0.3 is 5.73 Å². The van der Waals surface area contributed by atoms with Crippen LogP contribution in [0.3, 0.4) is 0 Å². The van der Waals surface area contributed by atoms with E-state index in [1.54, 1.807) is 11.3 Å². The van der Waals surface area contributed by atoms with Gasteiger partial charge in [0, 0.05) is 30.2 Å². The summed E-state index contributed by atoms with van der Waals surface area (Å²) < 4.78 is 0. The van der Waals surface area contributed by atoms with Crippen LogP contribution in [0.1, 0.15) is 24.6 Å².